The largest absolute Gasteiger partial charge is 0.399 e. The number of nitrogens with two attached hydrogens (primary N) is 1. The van der Waals surface area contributed by atoms with E-state index in [0.717, 1.165) is 24.1 Å². The predicted octanol–water partition coefficient (Wildman–Crippen LogP) is 3.17. The van der Waals surface area contributed by atoms with Crippen LogP contribution in [0.2, 0.25) is 0 Å². The lowest BCUT2D eigenvalue weighted by Crippen LogP contribution is -2.35. The zero-order valence-corrected chi connectivity index (χ0v) is 13.7. The lowest BCUT2D eigenvalue weighted by atomic mass is 10.0. The van der Waals surface area contributed by atoms with Crippen LogP contribution < -0.4 is 10.0 Å². The number of anilines is 2. The van der Waals surface area contributed by atoms with E-state index in [0.29, 0.717) is 16.7 Å². The van der Waals surface area contributed by atoms with Gasteiger partial charge < -0.3 is 5.73 Å². The van der Waals surface area contributed by atoms with Gasteiger partial charge in [-0.05, 0) is 58.6 Å². The number of fused-ring (bicyclic) bond motifs is 1. The number of nitrogen functional groups attached to an aromatic ring is 1. The molecule has 1 aliphatic rings. The predicted molar refractivity (Wildman–Crippen MR) is 87.8 cm³/mol. The maximum atomic E-state index is 12.9. The van der Waals surface area contributed by atoms with Crippen molar-refractivity contribution >= 4 is 37.3 Å². The number of benzene rings is 2. The maximum absolute atomic E-state index is 12.9. The molecule has 2 N–H and O–H groups in total. The van der Waals surface area contributed by atoms with Crippen molar-refractivity contribution in [1.82, 2.24) is 0 Å². The molecule has 4 nitrogen and oxygen atoms in total. The zero-order valence-electron chi connectivity index (χ0n) is 11.3. The highest BCUT2D eigenvalue weighted by atomic mass is 79.9. The number of aryl methyl sites for hydroxylation is 1. The minimum atomic E-state index is -3.59. The van der Waals surface area contributed by atoms with Gasteiger partial charge in [0.2, 0.25) is 0 Å². The fourth-order valence-corrected chi connectivity index (χ4v) is 5.19. The Labute approximate surface area is 132 Å². The third-order valence-electron chi connectivity index (χ3n) is 3.59. The number of hydrogen-bond donors (Lipinski definition) is 1. The Morgan fingerprint density at radius 3 is 2.67 bits per heavy atom. The minimum Gasteiger partial charge on any atom is -0.399 e. The first kappa shape index (κ1) is 14.4. The van der Waals surface area contributed by atoms with Crippen LogP contribution in [-0.4, -0.2) is 15.0 Å². The van der Waals surface area contributed by atoms with Gasteiger partial charge in [-0.3, -0.25) is 4.31 Å². The Morgan fingerprint density at radius 1 is 1.14 bits per heavy atom. The summed E-state index contributed by atoms with van der Waals surface area (Å²) in [5.74, 6) is 0. The molecular weight excluding hydrogens is 352 g/mol. The van der Waals surface area contributed by atoms with Gasteiger partial charge in [0.15, 0.2) is 0 Å². The number of rotatable bonds is 2. The summed E-state index contributed by atoms with van der Waals surface area (Å²) < 4.78 is 27.9. The lowest BCUT2D eigenvalue weighted by Gasteiger charge is -2.30. The number of halogens is 1. The van der Waals surface area contributed by atoms with Crippen LogP contribution >= 0.6 is 15.9 Å². The first-order valence-corrected chi connectivity index (χ1v) is 8.89. The van der Waals surface area contributed by atoms with Crippen LogP contribution in [0.1, 0.15) is 12.0 Å². The Hall–Kier alpha value is -1.53. The Bertz CT molecular complexity index is 790. The molecule has 1 aliphatic heterocycles. The first-order chi connectivity index (χ1) is 10.00. The highest BCUT2D eigenvalue weighted by Gasteiger charge is 2.30. The molecule has 0 fully saturated rings. The summed E-state index contributed by atoms with van der Waals surface area (Å²) in [4.78, 5) is 0.244. The minimum absolute atomic E-state index is 0.244. The molecule has 2 aromatic rings. The van der Waals surface area contributed by atoms with E-state index in [-0.39, 0.29) is 4.90 Å². The van der Waals surface area contributed by atoms with Crippen LogP contribution in [0.4, 0.5) is 11.4 Å². The third-order valence-corrected chi connectivity index (χ3v) is 6.38. The molecule has 0 bridgehead atoms. The monoisotopic (exact) mass is 366 g/mol. The molecule has 0 saturated carbocycles. The molecule has 0 unspecified atom stereocenters. The van der Waals surface area contributed by atoms with Crippen LogP contribution in [0.15, 0.2) is 51.8 Å². The summed E-state index contributed by atoms with van der Waals surface area (Å²) in [6, 6.07) is 12.4. The molecule has 3 rings (SSSR count). The second-order valence-electron chi connectivity index (χ2n) is 5.00. The smallest absolute Gasteiger partial charge is 0.265 e. The van der Waals surface area contributed by atoms with Crippen molar-refractivity contribution in [3.63, 3.8) is 0 Å². The van der Waals surface area contributed by atoms with E-state index in [2.05, 4.69) is 15.9 Å². The van der Waals surface area contributed by atoms with Gasteiger partial charge in [-0.25, -0.2) is 8.42 Å². The van der Waals surface area contributed by atoms with Crippen molar-refractivity contribution in [3.8, 4) is 0 Å². The van der Waals surface area contributed by atoms with Gasteiger partial charge in [0.1, 0.15) is 4.90 Å². The van der Waals surface area contributed by atoms with E-state index in [1.165, 1.54) is 4.31 Å². The van der Waals surface area contributed by atoms with Gasteiger partial charge in [-0.1, -0.05) is 18.2 Å². The average molecular weight is 367 g/mol. The molecule has 0 spiro atoms. The van der Waals surface area contributed by atoms with Crippen molar-refractivity contribution in [2.24, 2.45) is 0 Å². The molecule has 1 heterocycles. The molecule has 0 amide bonds. The number of hydrogen-bond acceptors (Lipinski definition) is 3. The summed E-state index contributed by atoms with van der Waals surface area (Å²) in [7, 11) is -3.59. The summed E-state index contributed by atoms with van der Waals surface area (Å²) >= 11 is 3.30. The lowest BCUT2D eigenvalue weighted by molar-refractivity contribution is 0.586. The van der Waals surface area contributed by atoms with Crippen molar-refractivity contribution in [2.75, 3.05) is 16.6 Å². The van der Waals surface area contributed by atoms with Crippen molar-refractivity contribution in [3.05, 3.63) is 52.5 Å². The topological polar surface area (TPSA) is 63.4 Å². The molecular formula is C15H15BrN2O2S. The van der Waals surface area contributed by atoms with Gasteiger partial charge in [-0.15, -0.1) is 0 Å². The molecule has 110 valence electrons. The van der Waals surface area contributed by atoms with Crippen LogP contribution in [0, 0.1) is 0 Å². The summed E-state index contributed by atoms with van der Waals surface area (Å²) in [6.07, 6.45) is 1.73. The average Bonchev–Trinajstić information content (AvgIpc) is 2.46. The Balaban J connectivity index is 2.12. The van der Waals surface area contributed by atoms with Crippen LogP contribution in [0.5, 0.6) is 0 Å². The molecule has 6 heteroatoms. The molecule has 0 aromatic heterocycles. The number of nitrogens with zero attached hydrogens (tertiary/aromatic N) is 1. The third kappa shape index (κ3) is 2.53. The highest BCUT2D eigenvalue weighted by molar-refractivity contribution is 9.10. The SMILES string of the molecule is Nc1ccc(S(=O)(=O)N2CCCc3ccccc32)c(Br)c1. The van der Waals surface area contributed by atoms with E-state index in [9.17, 15) is 8.42 Å². The zero-order chi connectivity index (χ0) is 15.0. The second kappa shape index (κ2) is 5.35. The normalized spacial score (nSPS) is 14.8. The molecule has 0 aliphatic carbocycles. The van der Waals surface area contributed by atoms with Crippen molar-refractivity contribution in [1.29, 1.82) is 0 Å². The van der Waals surface area contributed by atoms with E-state index < -0.39 is 10.0 Å². The van der Waals surface area contributed by atoms with Crippen molar-refractivity contribution in [2.45, 2.75) is 17.7 Å². The van der Waals surface area contributed by atoms with Crippen LogP contribution in [0.3, 0.4) is 0 Å². The van der Waals surface area contributed by atoms with Gasteiger partial charge in [-0.2, -0.15) is 0 Å². The summed E-state index contributed by atoms with van der Waals surface area (Å²) in [6.45, 7) is 0.496. The second-order valence-corrected chi connectivity index (χ2v) is 7.68. The fraction of sp³-hybridized carbons (Fsp3) is 0.200. The quantitative estimate of drug-likeness (QED) is 0.830. The summed E-state index contributed by atoms with van der Waals surface area (Å²) in [5.41, 5.74) is 8.05. The van der Waals surface area contributed by atoms with Gasteiger partial charge in [0.25, 0.3) is 10.0 Å². The van der Waals surface area contributed by atoms with Gasteiger partial charge in [0.05, 0.1) is 5.69 Å². The van der Waals surface area contributed by atoms with E-state index in [1.54, 1.807) is 18.2 Å². The van der Waals surface area contributed by atoms with E-state index in [1.807, 2.05) is 24.3 Å². The number of sulfonamides is 1. The van der Waals surface area contributed by atoms with Crippen LogP contribution in [-0.2, 0) is 16.4 Å². The van der Waals surface area contributed by atoms with E-state index >= 15 is 0 Å². The maximum Gasteiger partial charge on any atom is 0.265 e. The van der Waals surface area contributed by atoms with Gasteiger partial charge in [0, 0.05) is 16.7 Å². The van der Waals surface area contributed by atoms with Gasteiger partial charge >= 0.3 is 0 Å². The Kier molecular flexibility index (Phi) is 3.67. The molecule has 2 aromatic carbocycles. The molecule has 21 heavy (non-hydrogen) atoms. The number of para-hydroxylation sites is 1. The van der Waals surface area contributed by atoms with Crippen LogP contribution in [0.25, 0.3) is 0 Å². The van der Waals surface area contributed by atoms with E-state index in [4.69, 9.17) is 5.73 Å². The molecule has 0 saturated heterocycles. The molecule has 0 atom stereocenters. The summed E-state index contributed by atoms with van der Waals surface area (Å²) in [5, 5.41) is 0. The highest BCUT2D eigenvalue weighted by Crippen LogP contribution is 2.34. The standard InChI is InChI=1S/C15H15BrN2O2S/c16-13-10-12(17)7-8-15(13)21(19,20)18-9-3-5-11-4-1-2-6-14(11)18/h1-2,4,6-8,10H,3,5,9,17H2. The van der Waals surface area contributed by atoms with Crippen molar-refractivity contribution < 1.29 is 8.42 Å². The Morgan fingerprint density at radius 2 is 1.90 bits per heavy atom. The first-order valence-electron chi connectivity index (χ1n) is 6.66. The molecule has 0 radical (unpaired) electrons. The fourth-order valence-electron chi connectivity index (χ4n) is 2.59.